The molecule has 4 heteroatoms. The van der Waals surface area contributed by atoms with Gasteiger partial charge in [0.05, 0.1) is 6.04 Å². The van der Waals surface area contributed by atoms with Crippen LogP contribution in [0.15, 0.2) is 24.5 Å². The van der Waals surface area contributed by atoms with Crippen LogP contribution in [-0.2, 0) is 0 Å². The van der Waals surface area contributed by atoms with Gasteiger partial charge in [0.15, 0.2) is 0 Å². The van der Waals surface area contributed by atoms with E-state index in [1.807, 2.05) is 4.68 Å². The maximum atomic E-state index is 4.32. The lowest BCUT2D eigenvalue weighted by Crippen LogP contribution is -2.25. The number of fused-ring (bicyclic) bond motifs is 1. The number of hydrogen-bond acceptors (Lipinski definition) is 3. The molecule has 0 spiro atoms. The van der Waals surface area contributed by atoms with Crippen molar-refractivity contribution in [3.63, 3.8) is 0 Å². The molecular weight excluding hydrogens is 212 g/mol. The van der Waals surface area contributed by atoms with Gasteiger partial charge in [-0.2, -0.15) is 10.1 Å². The molecule has 1 aliphatic rings. The van der Waals surface area contributed by atoms with Crippen LogP contribution in [0.2, 0.25) is 0 Å². The predicted molar refractivity (Wildman–Crippen MR) is 67.2 cm³/mol. The van der Waals surface area contributed by atoms with Crippen LogP contribution in [0.3, 0.4) is 0 Å². The minimum atomic E-state index is 0.314. The number of aryl methyl sites for hydroxylation is 2. The summed E-state index contributed by atoms with van der Waals surface area (Å²) in [5.74, 6) is 0.876. The van der Waals surface area contributed by atoms with Gasteiger partial charge in [-0.15, -0.1) is 0 Å². The van der Waals surface area contributed by atoms with Crippen molar-refractivity contribution in [2.24, 2.45) is 0 Å². The van der Waals surface area contributed by atoms with Crippen LogP contribution in [0.1, 0.15) is 29.2 Å². The zero-order valence-electron chi connectivity index (χ0n) is 10.1. The molecule has 1 aliphatic heterocycles. The van der Waals surface area contributed by atoms with Crippen LogP contribution in [0, 0.1) is 13.8 Å². The summed E-state index contributed by atoms with van der Waals surface area (Å²) >= 11 is 0. The quantitative estimate of drug-likeness (QED) is 0.814. The molecule has 0 bridgehead atoms. The molecule has 3 rings (SSSR count). The molecule has 0 radical (unpaired) electrons. The average Bonchev–Trinajstić information content (AvgIpc) is 2.77. The van der Waals surface area contributed by atoms with Crippen molar-refractivity contribution in [1.82, 2.24) is 14.8 Å². The summed E-state index contributed by atoms with van der Waals surface area (Å²) in [4.78, 5) is 4.22. The molecule has 0 saturated heterocycles. The Morgan fingerprint density at radius 2 is 2.24 bits per heavy atom. The number of nitrogens with one attached hydrogen (secondary N) is 1. The van der Waals surface area contributed by atoms with E-state index in [0.29, 0.717) is 6.04 Å². The molecule has 4 nitrogen and oxygen atoms in total. The van der Waals surface area contributed by atoms with Gasteiger partial charge in [0.25, 0.3) is 0 Å². The molecule has 0 aliphatic carbocycles. The zero-order chi connectivity index (χ0) is 11.8. The molecule has 0 fully saturated rings. The maximum absolute atomic E-state index is 4.32. The Morgan fingerprint density at radius 1 is 1.35 bits per heavy atom. The molecule has 1 aromatic carbocycles. The van der Waals surface area contributed by atoms with Crippen molar-refractivity contribution in [2.75, 3.05) is 11.9 Å². The number of aromatic nitrogens is 3. The summed E-state index contributed by atoms with van der Waals surface area (Å²) < 4.78 is 1.99. The molecule has 0 saturated carbocycles. The highest BCUT2D eigenvalue weighted by Crippen LogP contribution is 2.29. The van der Waals surface area contributed by atoms with Gasteiger partial charge in [-0.3, -0.25) is 0 Å². The summed E-state index contributed by atoms with van der Waals surface area (Å²) in [7, 11) is 0. The fraction of sp³-hybridized carbons (Fsp3) is 0.385. The van der Waals surface area contributed by atoms with Crippen molar-refractivity contribution < 1.29 is 0 Å². The van der Waals surface area contributed by atoms with Gasteiger partial charge in [0.2, 0.25) is 5.95 Å². The third-order valence-electron chi connectivity index (χ3n) is 3.35. The molecule has 88 valence electrons. The van der Waals surface area contributed by atoms with Gasteiger partial charge in [-0.25, -0.2) is 4.68 Å². The molecule has 1 atom stereocenters. The Morgan fingerprint density at radius 3 is 3.06 bits per heavy atom. The Labute approximate surface area is 101 Å². The van der Waals surface area contributed by atoms with Crippen molar-refractivity contribution in [2.45, 2.75) is 26.3 Å². The van der Waals surface area contributed by atoms with Crippen LogP contribution in [0.5, 0.6) is 0 Å². The largest absolute Gasteiger partial charge is 0.354 e. The predicted octanol–water partition coefficient (Wildman–Crippen LogP) is 2.30. The third-order valence-corrected chi connectivity index (χ3v) is 3.35. The number of hydrogen-bond donors (Lipinski definition) is 1. The van der Waals surface area contributed by atoms with Crippen LogP contribution in [-0.4, -0.2) is 21.3 Å². The summed E-state index contributed by atoms with van der Waals surface area (Å²) in [6, 6.07) is 6.93. The summed E-state index contributed by atoms with van der Waals surface area (Å²) in [5.41, 5.74) is 3.99. The Hall–Kier alpha value is -1.84. The standard InChI is InChI=1S/C13H16N4/c1-9-3-4-11(10(2)7-9)12-5-6-14-13-15-8-16-17(12)13/h3-4,7-8,12H,5-6H2,1-2H3,(H,14,15,16). The minimum Gasteiger partial charge on any atom is -0.354 e. The monoisotopic (exact) mass is 228 g/mol. The molecule has 2 heterocycles. The first-order chi connectivity index (χ1) is 8.25. The minimum absolute atomic E-state index is 0.314. The molecule has 1 unspecified atom stereocenters. The Kier molecular flexibility index (Phi) is 2.35. The smallest absolute Gasteiger partial charge is 0.221 e. The van der Waals surface area contributed by atoms with Crippen LogP contribution >= 0.6 is 0 Å². The fourth-order valence-corrected chi connectivity index (χ4v) is 2.53. The van der Waals surface area contributed by atoms with E-state index in [1.165, 1.54) is 16.7 Å². The van der Waals surface area contributed by atoms with Crippen molar-refractivity contribution >= 4 is 5.95 Å². The van der Waals surface area contributed by atoms with E-state index in [9.17, 15) is 0 Å². The summed E-state index contributed by atoms with van der Waals surface area (Å²) in [6.45, 7) is 5.25. The fourth-order valence-electron chi connectivity index (χ4n) is 2.53. The summed E-state index contributed by atoms with van der Waals surface area (Å²) in [5, 5.41) is 7.58. The van der Waals surface area contributed by atoms with Crippen molar-refractivity contribution in [3.8, 4) is 0 Å². The molecule has 17 heavy (non-hydrogen) atoms. The van der Waals surface area contributed by atoms with Gasteiger partial charge in [0.1, 0.15) is 6.33 Å². The van der Waals surface area contributed by atoms with Gasteiger partial charge < -0.3 is 5.32 Å². The lowest BCUT2D eigenvalue weighted by molar-refractivity contribution is 0.478. The summed E-state index contributed by atoms with van der Waals surface area (Å²) in [6.07, 6.45) is 2.67. The Bertz CT molecular complexity index is 544. The second kappa shape index (κ2) is 3.87. The highest BCUT2D eigenvalue weighted by Gasteiger charge is 2.23. The molecular formula is C13H16N4. The highest BCUT2D eigenvalue weighted by atomic mass is 15.4. The van der Waals surface area contributed by atoms with Crippen molar-refractivity contribution in [1.29, 1.82) is 0 Å². The van der Waals surface area contributed by atoms with E-state index in [-0.39, 0.29) is 0 Å². The number of anilines is 1. The number of nitrogens with zero attached hydrogens (tertiary/aromatic N) is 3. The van der Waals surface area contributed by atoms with Gasteiger partial charge in [0, 0.05) is 6.54 Å². The van der Waals surface area contributed by atoms with Crippen LogP contribution < -0.4 is 5.32 Å². The first kappa shape index (κ1) is 10.3. The van der Waals surface area contributed by atoms with E-state index >= 15 is 0 Å². The zero-order valence-corrected chi connectivity index (χ0v) is 10.1. The van der Waals surface area contributed by atoms with Gasteiger partial charge >= 0.3 is 0 Å². The first-order valence-corrected chi connectivity index (χ1v) is 5.96. The number of benzene rings is 1. The molecule has 1 aromatic heterocycles. The van der Waals surface area contributed by atoms with Crippen LogP contribution in [0.4, 0.5) is 5.95 Å². The van der Waals surface area contributed by atoms with E-state index in [2.05, 4.69) is 47.4 Å². The third kappa shape index (κ3) is 1.69. The van der Waals surface area contributed by atoms with E-state index in [0.717, 1.165) is 18.9 Å². The van der Waals surface area contributed by atoms with Crippen molar-refractivity contribution in [3.05, 3.63) is 41.2 Å². The Balaban J connectivity index is 2.06. The normalized spacial score (nSPS) is 18.6. The molecule has 1 N–H and O–H groups in total. The van der Waals surface area contributed by atoms with Gasteiger partial charge in [-0.05, 0) is 31.4 Å². The molecule has 0 amide bonds. The van der Waals surface area contributed by atoms with E-state index in [4.69, 9.17) is 0 Å². The SMILES string of the molecule is Cc1ccc(C2CCNc3ncnn32)c(C)c1. The van der Waals surface area contributed by atoms with E-state index < -0.39 is 0 Å². The van der Waals surface area contributed by atoms with E-state index in [1.54, 1.807) is 6.33 Å². The molecule has 2 aromatic rings. The lowest BCUT2D eigenvalue weighted by Gasteiger charge is -2.26. The highest BCUT2D eigenvalue weighted by molar-refractivity contribution is 5.37. The topological polar surface area (TPSA) is 42.7 Å². The average molecular weight is 228 g/mol. The lowest BCUT2D eigenvalue weighted by atomic mass is 9.96. The second-order valence-electron chi connectivity index (χ2n) is 4.62. The van der Waals surface area contributed by atoms with Gasteiger partial charge in [-0.1, -0.05) is 23.8 Å². The second-order valence-corrected chi connectivity index (χ2v) is 4.62. The maximum Gasteiger partial charge on any atom is 0.221 e. The van der Waals surface area contributed by atoms with Crippen LogP contribution in [0.25, 0.3) is 0 Å². The number of rotatable bonds is 1. The first-order valence-electron chi connectivity index (χ1n) is 5.96.